The minimum absolute atomic E-state index is 0.325. The highest BCUT2D eigenvalue weighted by atomic mass is 35.5. The van der Waals surface area contributed by atoms with E-state index < -0.39 is 0 Å². The predicted octanol–water partition coefficient (Wildman–Crippen LogP) is 4.04. The van der Waals surface area contributed by atoms with E-state index in [1.807, 2.05) is 12.1 Å². The average Bonchev–Trinajstić information content (AvgIpc) is 2.73. The Kier molecular flexibility index (Phi) is 4.11. The average molecular weight is 252 g/mol. The van der Waals surface area contributed by atoms with Crippen molar-refractivity contribution in [2.45, 2.75) is 39.0 Å². The summed E-state index contributed by atoms with van der Waals surface area (Å²) in [5.74, 6) is 0.873. The Labute approximate surface area is 109 Å². The standard InChI is InChI=1S/C15H22ClN/c1-2-12-6-7-15(9-12,11-17)10-13-4-3-5-14(16)8-13/h3-5,8,12H,2,6-7,9-11,17H2,1H3. The topological polar surface area (TPSA) is 26.0 Å². The van der Waals surface area contributed by atoms with E-state index in [1.54, 1.807) is 0 Å². The first-order chi connectivity index (χ1) is 8.17. The molecule has 1 nitrogen and oxygen atoms in total. The minimum Gasteiger partial charge on any atom is -0.330 e. The van der Waals surface area contributed by atoms with Crippen LogP contribution >= 0.6 is 11.6 Å². The van der Waals surface area contributed by atoms with Gasteiger partial charge < -0.3 is 5.73 Å². The quantitative estimate of drug-likeness (QED) is 0.859. The fraction of sp³-hybridized carbons (Fsp3) is 0.600. The molecule has 2 unspecified atom stereocenters. The van der Waals surface area contributed by atoms with Gasteiger partial charge in [0.1, 0.15) is 0 Å². The molecular formula is C15H22ClN. The van der Waals surface area contributed by atoms with Crippen LogP contribution in [0.15, 0.2) is 24.3 Å². The maximum Gasteiger partial charge on any atom is 0.0408 e. The molecule has 2 heteroatoms. The number of hydrogen-bond acceptors (Lipinski definition) is 1. The zero-order valence-corrected chi connectivity index (χ0v) is 11.3. The lowest BCUT2D eigenvalue weighted by Crippen LogP contribution is -2.30. The third-order valence-electron chi connectivity index (χ3n) is 4.28. The summed E-state index contributed by atoms with van der Waals surface area (Å²) in [5, 5.41) is 0.833. The molecule has 0 spiro atoms. The zero-order chi connectivity index (χ0) is 12.3. The van der Waals surface area contributed by atoms with Gasteiger partial charge in [-0.2, -0.15) is 0 Å². The maximum absolute atomic E-state index is 6.04. The Morgan fingerprint density at radius 3 is 2.88 bits per heavy atom. The van der Waals surface area contributed by atoms with Crippen molar-refractivity contribution >= 4 is 11.6 Å². The molecule has 2 rings (SSSR count). The summed E-state index contributed by atoms with van der Waals surface area (Å²) in [5.41, 5.74) is 7.70. The highest BCUT2D eigenvalue weighted by Gasteiger charge is 2.37. The van der Waals surface area contributed by atoms with Gasteiger partial charge >= 0.3 is 0 Å². The van der Waals surface area contributed by atoms with Crippen LogP contribution in [0.3, 0.4) is 0 Å². The van der Waals surface area contributed by atoms with Crippen molar-refractivity contribution in [2.75, 3.05) is 6.54 Å². The van der Waals surface area contributed by atoms with Gasteiger partial charge in [0, 0.05) is 5.02 Å². The molecule has 2 atom stereocenters. The van der Waals surface area contributed by atoms with Gasteiger partial charge in [-0.15, -0.1) is 0 Å². The Morgan fingerprint density at radius 1 is 1.47 bits per heavy atom. The van der Waals surface area contributed by atoms with Crippen LogP contribution < -0.4 is 5.73 Å². The summed E-state index contributed by atoms with van der Waals surface area (Å²) in [6, 6.07) is 8.22. The number of nitrogens with two attached hydrogens (primary N) is 1. The van der Waals surface area contributed by atoms with Crippen molar-refractivity contribution in [3.63, 3.8) is 0 Å². The van der Waals surface area contributed by atoms with Gasteiger partial charge in [-0.05, 0) is 61.3 Å². The molecule has 0 bridgehead atoms. The van der Waals surface area contributed by atoms with Crippen molar-refractivity contribution in [2.24, 2.45) is 17.1 Å². The highest BCUT2D eigenvalue weighted by Crippen LogP contribution is 2.44. The Hall–Kier alpha value is -0.530. The van der Waals surface area contributed by atoms with E-state index in [9.17, 15) is 0 Å². The van der Waals surface area contributed by atoms with Gasteiger partial charge in [-0.3, -0.25) is 0 Å². The second kappa shape index (κ2) is 5.41. The number of hydrogen-bond donors (Lipinski definition) is 1. The monoisotopic (exact) mass is 251 g/mol. The van der Waals surface area contributed by atoms with Crippen LogP contribution in [0.5, 0.6) is 0 Å². The molecule has 1 aliphatic carbocycles. The molecule has 94 valence electrons. The summed E-state index contributed by atoms with van der Waals surface area (Å²) >= 11 is 6.04. The summed E-state index contributed by atoms with van der Waals surface area (Å²) in [6.07, 6.45) is 6.27. The van der Waals surface area contributed by atoms with Crippen LogP contribution in [-0.4, -0.2) is 6.54 Å². The molecule has 0 saturated heterocycles. The predicted molar refractivity (Wildman–Crippen MR) is 74.3 cm³/mol. The van der Waals surface area contributed by atoms with E-state index in [1.165, 1.54) is 31.2 Å². The molecule has 0 amide bonds. The summed E-state index contributed by atoms with van der Waals surface area (Å²) in [4.78, 5) is 0. The first kappa shape index (κ1) is 12.9. The zero-order valence-electron chi connectivity index (χ0n) is 10.6. The third-order valence-corrected chi connectivity index (χ3v) is 4.52. The smallest absolute Gasteiger partial charge is 0.0408 e. The fourth-order valence-corrected chi connectivity index (χ4v) is 3.39. The molecule has 1 aromatic rings. The molecule has 17 heavy (non-hydrogen) atoms. The van der Waals surface area contributed by atoms with Gasteiger partial charge in [0.2, 0.25) is 0 Å². The van der Waals surface area contributed by atoms with Crippen LogP contribution in [0.1, 0.15) is 38.2 Å². The molecule has 1 saturated carbocycles. The van der Waals surface area contributed by atoms with Gasteiger partial charge in [-0.1, -0.05) is 37.1 Å². The Morgan fingerprint density at radius 2 is 2.29 bits per heavy atom. The first-order valence-electron chi connectivity index (χ1n) is 6.62. The molecule has 0 heterocycles. The lowest BCUT2D eigenvalue weighted by atomic mass is 9.79. The van der Waals surface area contributed by atoms with E-state index in [4.69, 9.17) is 17.3 Å². The maximum atomic E-state index is 6.04. The summed E-state index contributed by atoms with van der Waals surface area (Å²) < 4.78 is 0. The van der Waals surface area contributed by atoms with Gasteiger partial charge in [0.25, 0.3) is 0 Å². The molecule has 1 aromatic carbocycles. The van der Waals surface area contributed by atoms with E-state index >= 15 is 0 Å². The second-order valence-electron chi connectivity index (χ2n) is 5.53. The van der Waals surface area contributed by atoms with E-state index in [0.717, 1.165) is 23.9 Å². The Balaban J connectivity index is 2.10. The van der Waals surface area contributed by atoms with Crippen LogP contribution in [-0.2, 0) is 6.42 Å². The number of halogens is 1. The molecule has 2 N–H and O–H groups in total. The van der Waals surface area contributed by atoms with Crippen LogP contribution in [0.2, 0.25) is 5.02 Å². The highest BCUT2D eigenvalue weighted by molar-refractivity contribution is 6.30. The van der Waals surface area contributed by atoms with Crippen molar-refractivity contribution in [3.8, 4) is 0 Å². The van der Waals surface area contributed by atoms with Gasteiger partial charge in [-0.25, -0.2) is 0 Å². The second-order valence-corrected chi connectivity index (χ2v) is 5.96. The van der Waals surface area contributed by atoms with E-state index in [-0.39, 0.29) is 0 Å². The fourth-order valence-electron chi connectivity index (χ4n) is 3.17. The molecule has 1 fully saturated rings. The molecule has 1 aliphatic rings. The van der Waals surface area contributed by atoms with E-state index in [2.05, 4.69) is 19.1 Å². The van der Waals surface area contributed by atoms with Crippen molar-refractivity contribution in [1.29, 1.82) is 0 Å². The van der Waals surface area contributed by atoms with Gasteiger partial charge in [0.15, 0.2) is 0 Å². The van der Waals surface area contributed by atoms with Crippen molar-refractivity contribution in [3.05, 3.63) is 34.9 Å². The lowest BCUT2D eigenvalue weighted by molar-refractivity contribution is 0.290. The molecular weight excluding hydrogens is 230 g/mol. The lowest BCUT2D eigenvalue weighted by Gasteiger charge is -2.28. The normalized spacial score (nSPS) is 28.5. The largest absolute Gasteiger partial charge is 0.330 e. The molecule has 0 aliphatic heterocycles. The van der Waals surface area contributed by atoms with Crippen LogP contribution in [0.25, 0.3) is 0 Å². The third kappa shape index (κ3) is 3.02. The Bertz CT molecular complexity index is 377. The van der Waals surface area contributed by atoms with Gasteiger partial charge in [0.05, 0.1) is 0 Å². The first-order valence-corrected chi connectivity index (χ1v) is 7.00. The summed E-state index contributed by atoms with van der Waals surface area (Å²) in [7, 11) is 0. The SMILES string of the molecule is CCC1CCC(CN)(Cc2cccc(Cl)c2)C1. The molecule has 0 radical (unpaired) electrons. The van der Waals surface area contributed by atoms with Crippen molar-refractivity contribution < 1.29 is 0 Å². The number of benzene rings is 1. The molecule has 0 aromatic heterocycles. The van der Waals surface area contributed by atoms with Crippen LogP contribution in [0.4, 0.5) is 0 Å². The van der Waals surface area contributed by atoms with E-state index in [0.29, 0.717) is 5.41 Å². The van der Waals surface area contributed by atoms with Crippen molar-refractivity contribution in [1.82, 2.24) is 0 Å². The number of rotatable bonds is 4. The van der Waals surface area contributed by atoms with Crippen LogP contribution in [0, 0.1) is 11.3 Å². The minimum atomic E-state index is 0.325. The summed E-state index contributed by atoms with van der Waals surface area (Å²) in [6.45, 7) is 3.09.